The Balaban J connectivity index is -0.000000173. The average Bonchev–Trinajstić information content (AvgIpc) is 1.97. The molecule has 0 aromatic heterocycles. The summed E-state index contributed by atoms with van der Waals surface area (Å²) in [4.78, 5) is 0. The van der Waals surface area contributed by atoms with E-state index in [0.717, 1.165) is 5.92 Å². The molecule has 0 radical (unpaired) electrons. The zero-order valence-electron chi connectivity index (χ0n) is 9.82. The predicted molar refractivity (Wildman–Crippen MR) is 66.3 cm³/mol. The summed E-state index contributed by atoms with van der Waals surface area (Å²) >= 11 is 0. The summed E-state index contributed by atoms with van der Waals surface area (Å²) in [6, 6.07) is 0. The van der Waals surface area contributed by atoms with Gasteiger partial charge < -0.3 is 0 Å². The third kappa shape index (κ3) is 48.0. The van der Waals surface area contributed by atoms with Crippen molar-refractivity contribution in [3.8, 4) is 0 Å². The largest absolute Gasteiger partial charge is 0.0776 e. The highest BCUT2D eigenvalue weighted by molar-refractivity contribution is 4.39. The second-order valence-corrected chi connectivity index (χ2v) is 4.15. The number of hydrogen-bond acceptors (Lipinski definition) is 0. The summed E-state index contributed by atoms with van der Waals surface area (Å²) in [6.45, 7) is 11.0. The molecule has 0 aliphatic carbocycles. The molecule has 0 aliphatic rings. The fourth-order valence-corrected chi connectivity index (χ4v) is 0.854. The van der Waals surface area contributed by atoms with Crippen LogP contribution in [-0.2, 0) is 0 Å². The van der Waals surface area contributed by atoms with Gasteiger partial charge in [0, 0.05) is 0 Å². The molecule has 0 N–H and O–H groups in total. The monoisotopic (exact) mass is 188 g/mol. The predicted octanol–water partition coefficient (Wildman–Crippen LogP) is 5.67. The van der Waals surface area contributed by atoms with Crippen LogP contribution in [-0.4, -0.2) is 0 Å². The maximum atomic E-state index is 2.26. The van der Waals surface area contributed by atoms with Crippen molar-refractivity contribution < 1.29 is 0 Å². The van der Waals surface area contributed by atoms with Gasteiger partial charge in [0.25, 0.3) is 0 Å². The van der Waals surface area contributed by atoms with E-state index in [-0.39, 0.29) is 7.43 Å². The Morgan fingerprint density at radius 1 is 0.692 bits per heavy atom. The molecule has 0 aliphatic heterocycles. The Morgan fingerprint density at radius 3 is 1.08 bits per heavy atom. The van der Waals surface area contributed by atoms with Crippen LogP contribution in [0, 0.1) is 5.92 Å². The lowest BCUT2D eigenvalue weighted by molar-refractivity contribution is 0.624. The molecule has 0 fully saturated rings. The van der Waals surface area contributed by atoms with Crippen molar-refractivity contribution in [1.82, 2.24) is 0 Å². The molecule has 0 spiro atoms. The van der Waals surface area contributed by atoms with Crippen molar-refractivity contribution in [3.05, 3.63) is 0 Å². The summed E-state index contributed by atoms with van der Waals surface area (Å²) in [5.41, 5.74) is 0. The Kier molecular flexibility index (Phi) is 25.8. The fourth-order valence-electron chi connectivity index (χ4n) is 0.854. The summed E-state index contributed by atoms with van der Waals surface area (Å²) in [6.07, 6.45) is 8.49. The summed E-state index contributed by atoms with van der Waals surface area (Å²) in [5, 5.41) is 0. The van der Waals surface area contributed by atoms with Gasteiger partial charge in [-0.2, -0.15) is 0 Å². The highest BCUT2D eigenvalue weighted by atomic mass is 13.9. The van der Waals surface area contributed by atoms with E-state index in [0.29, 0.717) is 0 Å². The van der Waals surface area contributed by atoms with Gasteiger partial charge in [0.1, 0.15) is 0 Å². The fraction of sp³-hybridized carbons (Fsp3) is 1.00. The van der Waals surface area contributed by atoms with Crippen molar-refractivity contribution in [2.45, 2.75) is 80.6 Å². The first kappa shape index (κ1) is 18.7. The highest BCUT2D eigenvalue weighted by Crippen LogP contribution is 2.03. The number of unbranched alkanes of at least 4 members (excludes halogenated alkanes) is 5. The van der Waals surface area contributed by atoms with Crippen LogP contribution in [0.25, 0.3) is 0 Å². The smallest absolute Gasteiger partial charge is 0.0500 e. The molecule has 84 valence electrons. The SMILES string of the molecule is C.CC(C)C.CCCCCCCC. The molecule has 0 heteroatoms. The molecule has 0 nitrogen and oxygen atoms in total. The highest BCUT2D eigenvalue weighted by Gasteiger charge is 1.83. The van der Waals surface area contributed by atoms with Gasteiger partial charge in [-0.05, 0) is 5.92 Å². The van der Waals surface area contributed by atoms with Crippen LogP contribution in [0.5, 0.6) is 0 Å². The molecule has 0 heterocycles. The minimum atomic E-state index is 0. The van der Waals surface area contributed by atoms with E-state index in [1.165, 1.54) is 38.5 Å². The van der Waals surface area contributed by atoms with Gasteiger partial charge in [0.2, 0.25) is 0 Å². The Hall–Kier alpha value is 0. The molecule has 13 heavy (non-hydrogen) atoms. The van der Waals surface area contributed by atoms with Crippen molar-refractivity contribution >= 4 is 0 Å². The van der Waals surface area contributed by atoms with Crippen LogP contribution in [0.1, 0.15) is 80.6 Å². The number of hydrogen-bond donors (Lipinski definition) is 0. The number of rotatable bonds is 5. The first-order valence-electron chi connectivity index (χ1n) is 5.65. The minimum absolute atomic E-state index is 0. The molecule has 0 rings (SSSR count). The van der Waals surface area contributed by atoms with Gasteiger partial charge in [-0.1, -0.05) is 80.6 Å². The van der Waals surface area contributed by atoms with Crippen molar-refractivity contribution in [1.29, 1.82) is 0 Å². The standard InChI is InChI=1S/C8H18.C4H10.CH4/c1-3-5-7-8-6-4-2;1-4(2)3;/h3-8H2,1-2H3;4H,1-3H3;1H4. The molecule has 0 atom stereocenters. The van der Waals surface area contributed by atoms with Gasteiger partial charge >= 0.3 is 0 Å². The molecule has 0 bridgehead atoms. The van der Waals surface area contributed by atoms with Gasteiger partial charge in [0.05, 0.1) is 0 Å². The minimum Gasteiger partial charge on any atom is -0.0776 e. The maximum Gasteiger partial charge on any atom is -0.0500 e. The first-order valence-corrected chi connectivity index (χ1v) is 5.65. The lowest BCUT2D eigenvalue weighted by atomic mass is 10.1. The van der Waals surface area contributed by atoms with E-state index in [1.54, 1.807) is 0 Å². The van der Waals surface area contributed by atoms with Crippen LogP contribution in [0.15, 0.2) is 0 Å². The molecule has 0 amide bonds. The molecule has 0 aromatic carbocycles. The van der Waals surface area contributed by atoms with Crippen LogP contribution in [0.4, 0.5) is 0 Å². The molecule has 0 saturated carbocycles. The zero-order chi connectivity index (χ0) is 9.82. The van der Waals surface area contributed by atoms with E-state index in [1.807, 2.05) is 0 Å². The normalized spacial score (nSPS) is 8.77. The Morgan fingerprint density at radius 2 is 0.923 bits per heavy atom. The molecule has 0 aromatic rings. The first-order chi connectivity index (χ1) is 5.65. The van der Waals surface area contributed by atoms with Gasteiger partial charge in [0.15, 0.2) is 0 Å². The summed E-state index contributed by atoms with van der Waals surface area (Å²) < 4.78 is 0. The van der Waals surface area contributed by atoms with E-state index >= 15 is 0 Å². The quantitative estimate of drug-likeness (QED) is 0.488. The van der Waals surface area contributed by atoms with E-state index < -0.39 is 0 Å². The average molecular weight is 188 g/mol. The maximum absolute atomic E-state index is 2.26. The van der Waals surface area contributed by atoms with Crippen molar-refractivity contribution in [2.75, 3.05) is 0 Å². The second-order valence-electron chi connectivity index (χ2n) is 4.15. The second kappa shape index (κ2) is 17.9. The third-order valence-corrected chi connectivity index (χ3v) is 1.46. The lowest BCUT2D eigenvalue weighted by Crippen LogP contribution is -1.73. The van der Waals surface area contributed by atoms with Crippen LogP contribution < -0.4 is 0 Å². The van der Waals surface area contributed by atoms with Gasteiger partial charge in [-0.15, -0.1) is 0 Å². The molecular weight excluding hydrogens is 156 g/mol. The Bertz CT molecular complexity index is 46.3. The van der Waals surface area contributed by atoms with E-state index in [4.69, 9.17) is 0 Å². The van der Waals surface area contributed by atoms with Crippen LogP contribution >= 0.6 is 0 Å². The summed E-state index contributed by atoms with van der Waals surface area (Å²) in [7, 11) is 0. The summed E-state index contributed by atoms with van der Waals surface area (Å²) in [5.74, 6) is 0.833. The lowest BCUT2D eigenvalue weighted by Gasteiger charge is -1.93. The molecule has 0 unspecified atom stereocenters. The zero-order valence-corrected chi connectivity index (χ0v) is 9.82. The van der Waals surface area contributed by atoms with E-state index in [2.05, 4.69) is 34.6 Å². The molecule has 0 saturated heterocycles. The van der Waals surface area contributed by atoms with Crippen LogP contribution in [0.3, 0.4) is 0 Å². The van der Waals surface area contributed by atoms with Crippen molar-refractivity contribution in [3.63, 3.8) is 0 Å². The third-order valence-electron chi connectivity index (χ3n) is 1.46. The molecular formula is C13H32. The van der Waals surface area contributed by atoms with Crippen LogP contribution in [0.2, 0.25) is 0 Å². The van der Waals surface area contributed by atoms with E-state index in [9.17, 15) is 0 Å². The van der Waals surface area contributed by atoms with Crippen molar-refractivity contribution in [2.24, 2.45) is 5.92 Å². The van der Waals surface area contributed by atoms with Gasteiger partial charge in [-0.25, -0.2) is 0 Å². The van der Waals surface area contributed by atoms with Gasteiger partial charge in [-0.3, -0.25) is 0 Å². The topological polar surface area (TPSA) is 0 Å². The Labute approximate surface area is 87.1 Å².